The van der Waals surface area contributed by atoms with Crippen molar-refractivity contribution in [1.29, 1.82) is 0 Å². The van der Waals surface area contributed by atoms with Gasteiger partial charge in [-0.3, -0.25) is 19.7 Å². The smallest absolute Gasteiger partial charge is 0.335 e. The summed E-state index contributed by atoms with van der Waals surface area (Å²) in [5, 5.41) is 5.30. The summed E-state index contributed by atoms with van der Waals surface area (Å²) < 4.78 is 24.7. The van der Waals surface area contributed by atoms with E-state index in [1.54, 1.807) is 24.3 Å². The molecule has 0 aliphatic carbocycles. The average molecular weight is 617 g/mol. The molecule has 39 heavy (non-hydrogen) atoms. The van der Waals surface area contributed by atoms with Crippen molar-refractivity contribution in [2.45, 2.75) is 6.92 Å². The number of carbonyl (C=O) groups excluding carboxylic acids is 4. The summed E-state index contributed by atoms with van der Waals surface area (Å²) in [7, 11) is 1.38. The number of hydrogen-bond donors (Lipinski definition) is 2. The van der Waals surface area contributed by atoms with Gasteiger partial charge in [-0.05, 0) is 88.6 Å². The van der Waals surface area contributed by atoms with Crippen molar-refractivity contribution in [3.05, 3.63) is 86.6 Å². The van der Waals surface area contributed by atoms with E-state index in [4.69, 9.17) is 21.1 Å². The minimum absolute atomic E-state index is 0.0889. The van der Waals surface area contributed by atoms with Crippen LogP contribution < -0.4 is 25.0 Å². The number of hydrogen-bond acceptors (Lipinski definition) is 6. The molecule has 1 saturated heterocycles. The summed E-state index contributed by atoms with van der Waals surface area (Å²) in [5.41, 5.74) is 1.49. The van der Waals surface area contributed by atoms with Gasteiger partial charge >= 0.3 is 6.03 Å². The Morgan fingerprint density at radius 3 is 2.51 bits per heavy atom. The Morgan fingerprint density at radius 1 is 1.13 bits per heavy atom. The van der Waals surface area contributed by atoms with Crippen LogP contribution in [0, 0.1) is 12.7 Å². The number of nitrogens with zero attached hydrogens (tertiary/aromatic N) is 1. The number of nitrogens with one attached hydrogen (secondary N) is 2. The normalized spacial score (nSPS) is 14.3. The largest absolute Gasteiger partial charge is 0.493 e. The molecule has 5 amide bonds. The fourth-order valence-electron chi connectivity index (χ4n) is 3.62. The van der Waals surface area contributed by atoms with Gasteiger partial charge in [-0.1, -0.05) is 17.7 Å². The quantitative estimate of drug-likeness (QED) is 0.277. The zero-order valence-electron chi connectivity index (χ0n) is 20.5. The Hall–Kier alpha value is -4.22. The first-order chi connectivity index (χ1) is 18.6. The number of barbiturate groups is 1. The lowest BCUT2D eigenvalue weighted by Gasteiger charge is -2.26. The first-order valence-corrected chi connectivity index (χ1v) is 12.5. The number of ether oxygens (including phenoxy) is 2. The third-order valence-electron chi connectivity index (χ3n) is 5.55. The maximum Gasteiger partial charge on any atom is 0.335 e. The van der Waals surface area contributed by atoms with E-state index in [9.17, 15) is 23.6 Å². The molecule has 0 unspecified atom stereocenters. The molecule has 0 atom stereocenters. The van der Waals surface area contributed by atoms with Crippen LogP contribution in [0.5, 0.6) is 11.5 Å². The lowest BCUT2D eigenvalue weighted by atomic mass is 10.1. The zero-order chi connectivity index (χ0) is 28.3. The second-order valence-corrected chi connectivity index (χ2v) is 9.53. The molecule has 1 fully saturated rings. The number of methoxy groups -OCH3 is 1. The van der Waals surface area contributed by atoms with E-state index >= 15 is 0 Å². The molecule has 12 heteroatoms. The van der Waals surface area contributed by atoms with E-state index in [0.29, 0.717) is 20.7 Å². The summed E-state index contributed by atoms with van der Waals surface area (Å²) in [6, 6.07) is 11.9. The van der Waals surface area contributed by atoms with E-state index in [1.165, 1.54) is 31.4 Å². The topological polar surface area (TPSA) is 114 Å². The SMILES string of the molecule is COc1cc(/C=C2\C(=O)NC(=O)N(c3ccc(F)cc3)C2=O)cc(Br)c1OCC(=O)Nc1ccc(C)c(Cl)c1. The summed E-state index contributed by atoms with van der Waals surface area (Å²) in [5.74, 6) is -2.36. The molecule has 200 valence electrons. The molecule has 2 N–H and O–H groups in total. The predicted molar refractivity (Wildman–Crippen MR) is 146 cm³/mol. The maximum atomic E-state index is 13.3. The van der Waals surface area contributed by atoms with E-state index < -0.39 is 29.6 Å². The van der Waals surface area contributed by atoms with Gasteiger partial charge in [-0.2, -0.15) is 0 Å². The fraction of sp³-hybridized carbons (Fsp3) is 0.111. The van der Waals surface area contributed by atoms with Crippen molar-refractivity contribution in [2.75, 3.05) is 23.9 Å². The molecule has 9 nitrogen and oxygen atoms in total. The minimum Gasteiger partial charge on any atom is -0.493 e. The molecule has 4 rings (SSSR count). The fourth-order valence-corrected chi connectivity index (χ4v) is 4.37. The third-order valence-corrected chi connectivity index (χ3v) is 6.55. The van der Waals surface area contributed by atoms with E-state index in [2.05, 4.69) is 26.6 Å². The number of carbonyl (C=O) groups is 4. The molecule has 0 saturated carbocycles. The Morgan fingerprint density at radius 2 is 1.85 bits per heavy atom. The maximum absolute atomic E-state index is 13.3. The van der Waals surface area contributed by atoms with E-state index in [-0.39, 0.29) is 29.4 Å². The molecular weight excluding hydrogens is 597 g/mol. The lowest BCUT2D eigenvalue weighted by molar-refractivity contribution is -0.122. The molecule has 1 heterocycles. The molecule has 0 spiro atoms. The highest BCUT2D eigenvalue weighted by atomic mass is 79.9. The third kappa shape index (κ3) is 6.27. The van der Waals surface area contributed by atoms with Crippen LogP contribution in [0.15, 0.2) is 64.6 Å². The van der Waals surface area contributed by atoms with Gasteiger partial charge in [-0.25, -0.2) is 14.1 Å². The van der Waals surface area contributed by atoms with E-state index in [1.807, 2.05) is 6.92 Å². The van der Waals surface area contributed by atoms with Crippen LogP contribution in [0.3, 0.4) is 0 Å². The number of benzene rings is 3. The summed E-state index contributed by atoms with van der Waals surface area (Å²) >= 11 is 9.46. The van der Waals surface area contributed by atoms with Crippen molar-refractivity contribution >= 4 is 68.7 Å². The summed E-state index contributed by atoms with van der Waals surface area (Å²) in [6.07, 6.45) is 1.27. The zero-order valence-corrected chi connectivity index (χ0v) is 22.9. The first-order valence-electron chi connectivity index (χ1n) is 11.3. The van der Waals surface area contributed by atoms with Crippen molar-refractivity contribution < 1.29 is 33.0 Å². The Balaban J connectivity index is 1.54. The Labute approximate surface area is 235 Å². The van der Waals surface area contributed by atoms with Crippen LogP contribution in [-0.4, -0.2) is 37.5 Å². The molecule has 3 aromatic carbocycles. The van der Waals surface area contributed by atoms with Gasteiger partial charge in [0.1, 0.15) is 11.4 Å². The predicted octanol–water partition coefficient (Wildman–Crippen LogP) is 5.24. The van der Waals surface area contributed by atoms with Gasteiger partial charge < -0.3 is 14.8 Å². The van der Waals surface area contributed by atoms with Crippen LogP contribution in [-0.2, 0) is 14.4 Å². The molecule has 1 aliphatic heterocycles. The van der Waals surface area contributed by atoms with Crippen LogP contribution in [0.25, 0.3) is 6.08 Å². The lowest BCUT2D eigenvalue weighted by Crippen LogP contribution is -2.54. The molecule has 0 bridgehead atoms. The van der Waals surface area contributed by atoms with Crippen LogP contribution in [0.1, 0.15) is 11.1 Å². The number of amides is 5. The number of urea groups is 1. The van der Waals surface area contributed by atoms with Crippen molar-refractivity contribution in [3.8, 4) is 11.5 Å². The van der Waals surface area contributed by atoms with Gasteiger partial charge in [0.2, 0.25) is 0 Å². The van der Waals surface area contributed by atoms with Crippen LogP contribution >= 0.6 is 27.5 Å². The molecule has 3 aromatic rings. The highest BCUT2D eigenvalue weighted by Gasteiger charge is 2.37. The van der Waals surface area contributed by atoms with Gasteiger partial charge in [0.15, 0.2) is 18.1 Å². The first kappa shape index (κ1) is 27.8. The minimum atomic E-state index is -0.956. The van der Waals surface area contributed by atoms with Crippen LogP contribution in [0.4, 0.5) is 20.6 Å². The van der Waals surface area contributed by atoms with E-state index in [0.717, 1.165) is 22.6 Å². The number of rotatable bonds is 7. The van der Waals surface area contributed by atoms with Crippen molar-refractivity contribution in [2.24, 2.45) is 0 Å². The van der Waals surface area contributed by atoms with Gasteiger partial charge in [0, 0.05) is 10.7 Å². The molecule has 0 aromatic heterocycles. The van der Waals surface area contributed by atoms with Gasteiger partial charge in [0.25, 0.3) is 17.7 Å². The summed E-state index contributed by atoms with van der Waals surface area (Å²) in [4.78, 5) is 51.0. The highest BCUT2D eigenvalue weighted by molar-refractivity contribution is 9.10. The number of imide groups is 2. The van der Waals surface area contributed by atoms with Crippen molar-refractivity contribution in [3.63, 3.8) is 0 Å². The summed E-state index contributed by atoms with van der Waals surface area (Å²) in [6.45, 7) is 1.49. The van der Waals surface area contributed by atoms with Crippen LogP contribution in [0.2, 0.25) is 5.02 Å². The standard InChI is InChI=1S/C27H20BrClFN3O6/c1-14-3-6-17(12-21(14)29)31-23(34)13-39-24-20(28)10-15(11-22(24)38-2)9-19-25(35)32-27(37)33(26(19)36)18-7-4-16(30)5-8-18/h3-12H,13H2,1-2H3,(H,31,34)(H,32,35,37)/b19-9+. The van der Waals surface area contributed by atoms with Gasteiger partial charge in [0.05, 0.1) is 17.3 Å². The monoisotopic (exact) mass is 615 g/mol. The highest BCUT2D eigenvalue weighted by Crippen LogP contribution is 2.37. The number of halogens is 3. The molecule has 0 radical (unpaired) electrons. The Bertz CT molecular complexity index is 1530. The number of anilines is 2. The van der Waals surface area contributed by atoms with Gasteiger partial charge in [-0.15, -0.1) is 0 Å². The Kier molecular flexibility index (Phi) is 8.32. The second kappa shape index (κ2) is 11.7. The average Bonchev–Trinajstić information content (AvgIpc) is 2.88. The number of aryl methyl sites for hydroxylation is 1. The second-order valence-electron chi connectivity index (χ2n) is 8.27. The van der Waals surface area contributed by atoms with Crippen molar-refractivity contribution in [1.82, 2.24) is 5.32 Å². The molecule has 1 aliphatic rings. The molecular formula is C27H20BrClFN3O6.